The first-order chi connectivity index (χ1) is 4.33. The highest BCUT2D eigenvalue weighted by Gasteiger charge is 1.84. The standard InChI is InChI=1S/C5H6N3O/c6-4-1-5(8-9)3-7-2-4/h1-3,8H,6H2/q-1. The van der Waals surface area contributed by atoms with Gasteiger partial charge in [0.05, 0.1) is 5.69 Å². The van der Waals surface area contributed by atoms with Crippen LogP contribution in [0.25, 0.3) is 0 Å². The van der Waals surface area contributed by atoms with Gasteiger partial charge in [0, 0.05) is 18.1 Å². The molecule has 4 heteroatoms. The molecule has 1 rings (SSSR count). The number of nitrogens with one attached hydrogen (secondary N) is 1. The molecular formula is C5H6N3O-. The van der Waals surface area contributed by atoms with E-state index < -0.39 is 0 Å². The molecule has 1 aromatic heterocycles. The predicted octanol–water partition coefficient (Wildman–Crippen LogP) is 0.574. The van der Waals surface area contributed by atoms with Crippen molar-refractivity contribution >= 4 is 11.4 Å². The first-order valence-corrected chi connectivity index (χ1v) is 2.41. The van der Waals surface area contributed by atoms with Crippen molar-refractivity contribution in [2.75, 3.05) is 11.2 Å². The Bertz CT molecular complexity index is 201. The molecule has 0 aromatic carbocycles. The minimum absolute atomic E-state index is 0.384. The largest absolute Gasteiger partial charge is 0.761 e. The second-order valence-corrected chi connectivity index (χ2v) is 1.61. The Kier molecular flexibility index (Phi) is 1.51. The van der Waals surface area contributed by atoms with Gasteiger partial charge in [0.25, 0.3) is 0 Å². The normalized spacial score (nSPS) is 9.00. The number of nitrogen functional groups attached to an aromatic ring is 1. The van der Waals surface area contributed by atoms with Gasteiger partial charge in [-0.05, 0) is 6.07 Å². The van der Waals surface area contributed by atoms with E-state index in [1.54, 1.807) is 5.48 Å². The van der Waals surface area contributed by atoms with Gasteiger partial charge in [-0.3, -0.25) is 4.98 Å². The van der Waals surface area contributed by atoms with Crippen LogP contribution >= 0.6 is 0 Å². The molecule has 3 N–H and O–H groups in total. The maximum absolute atomic E-state index is 9.94. The lowest BCUT2D eigenvalue weighted by Crippen LogP contribution is -1.90. The predicted molar refractivity (Wildman–Crippen MR) is 35.6 cm³/mol. The van der Waals surface area contributed by atoms with Crippen molar-refractivity contribution in [2.24, 2.45) is 0 Å². The SMILES string of the molecule is Nc1cncc(N[O-])c1. The zero-order valence-electron chi connectivity index (χ0n) is 4.66. The molecule has 48 valence electrons. The fourth-order valence-electron chi connectivity index (χ4n) is 0.514. The number of rotatable bonds is 1. The number of nitrogens with two attached hydrogens (primary N) is 1. The monoisotopic (exact) mass is 124 g/mol. The van der Waals surface area contributed by atoms with Crippen LogP contribution in [0, 0.1) is 5.21 Å². The third-order valence-electron chi connectivity index (χ3n) is 0.877. The van der Waals surface area contributed by atoms with E-state index in [2.05, 4.69) is 4.98 Å². The van der Waals surface area contributed by atoms with Gasteiger partial charge in [-0.15, -0.1) is 0 Å². The van der Waals surface area contributed by atoms with E-state index in [1.165, 1.54) is 18.5 Å². The van der Waals surface area contributed by atoms with E-state index in [1.807, 2.05) is 0 Å². The molecule has 9 heavy (non-hydrogen) atoms. The molecule has 1 aromatic rings. The maximum atomic E-state index is 9.94. The van der Waals surface area contributed by atoms with Crippen molar-refractivity contribution in [1.82, 2.24) is 4.98 Å². The summed E-state index contributed by atoms with van der Waals surface area (Å²) in [6.45, 7) is 0. The summed E-state index contributed by atoms with van der Waals surface area (Å²) in [6.07, 6.45) is 2.88. The van der Waals surface area contributed by atoms with Crippen molar-refractivity contribution < 1.29 is 0 Å². The van der Waals surface area contributed by atoms with Gasteiger partial charge in [0.1, 0.15) is 0 Å². The van der Waals surface area contributed by atoms with Gasteiger partial charge in [-0.25, -0.2) is 0 Å². The molecule has 0 radical (unpaired) electrons. The minimum atomic E-state index is 0.384. The third-order valence-corrected chi connectivity index (χ3v) is 0.877. The molecule has 0 aliphatic heterocycles. The first-order valence-electron chi connectivity index (χ1n) is 2.41. The van der Waals surface area contributed by atoms with Gasteiger partial charge in [0.2, 0.25) is 0 Å². The van der Waals surface area contributed by atoms with Crippen molar-refractivity contribution in [3.63, 3.8) is 0 Å². The van der Waals surface area contributed by atoms with E-state index in [9.17, 15) is 5.21 Å². The Morgan fingerprint density at radius 1 is 1.56 bits per heavy atom. The molecule has 0 amide bonds. The van der Waals surface area contributed by atoms with Crippen LogP contribution in [0.3, 0.4) is 0 Å². The summed E-state index contributed by atoms with van der Waals surface area (Å²) in [4.78, 5) is 3.67. The van der Waals surface area contributed by atoms with E-state index >= 15 is 0 Å². The summed E-state index contributed by atoms with van der Waals surface area (Å²) in [5.74, 6) is 0. The van der Waals surface area contributed by atoms with Crippen LogP contribution in [-0.4, -0.2) is 4.98 Å². The Labute approximate surface area is 52.3 Å². The number of aromatic nitrogens is 1. The summed E-state index contributed by atoms with van der Waals surface area (Å²) in [5.41, 5.74) is 7.83. The molecule has 0 saturated heterocycles. The minimum Gasteiger partial charge on any atom is -0.761 e. The summed E-state index contributed by atoms with van der Waals surface area (Å²) in [5, 5.41) is 9.94. The zero-order valence-corrected chi connectivity index (χ0v) is 4.66. The molecule has 1 heterocycles. The quantitative estimate of drug-likeness (QED) is 0.537. The Balaban J connectivity index is 2.94. The molecule has 0 bridgehead atoms. The molecule has 0 unspecified atom stereocenters. The Morgan fingerprint density at radius 3 is 2.78 bits per heavy atom. The number of nitrogens with zero attached hydrogens (tertiary/aromatic N) is 1. The molecule has 0 fully saturated rings. The van der Waals surface area contributed by atoms with E-state index in [-0.39, 0.29) is 0 Å². The van der Waals surface area contributed by atoms with Gasteiger partial charge in [-0.2, -0.15) is 0 Å². The molecule has 0 spiro atoms. The van der Waals surface area contributed by atoms with Crippen molar-refractivity contribution in [1.29, 1.82) is 0 Å². The van der Waals surface area contributed by atoms with Crippen molar-refractivity contribution in [3.8, 4) is 0 Å². The molecular weight excluding hydrogens is 118 g/mol. The van der Waals surface area contributed by atoms with Gasteiger partial charge >= 0.3 is 0 Å². The topological polar surface area (TPSA) is 74.0 Å². The van der Waals surface area contributed by atoms with Crippen LogP contribution in [-0.2, 0) is 0 Å². The summed E-state index contributed by atoms with van der Waals surface area (Å²) in [6, 6.07) is 1.51. The van der Waals surface area contributed by atoms with Crippen LogP contribution in [0.5, 0.6) is 0 Å². The number of anilines is 2. The van der Waals surface area contributed by atoms with Gasteiger partial charge in [-0.1, -0.05) is 0 Å². The Hall–Kier alpha value is -1.29. The maximum Gasteiger partial charge on any atom is 0.0521 e. The number of hydrogen-bond donors (Lipinski definition) is 2. The second-order valence-electron chi connectivity index (χ2n) is 1.61. The third kappa shape index (κ3) is 1.30. The van der Waals surface area contributed by atoms with Crippen molar-refractivity contribution in [2.45, 2.75) is 0 Å². The van der Waals surface area contributed by atoms with E-state index in [4.69, 9.17) is 5.73 Å². The van der Waals surface area contributed by atoms with E-state index in [0.717, 1.165) is 0 Å². The van der Waals surface area contributed by atoms with Crippen molar-refractivity contribution in [3.05, 3.63) is 23.7 Å². The van der Waals surface area contributed by atoms with Crippen LogP contribution in [0.2, 0.25) is 0 Å². The lowest BCUT2D eigenvalue weighted by Gasteiger charge is -2.07. The number of pyridine rings is 1. The average molecular weight is 124 g/mol. The highest BCUT2D eigenvalue weighted by molar-refractivity contribution is 5.51. The Morgan fingerprint density at radius 2 is 2.33 bits per heavy atom. The molecule has 0 aliphatic carbocycles. The molecule has 0 aliphatic rings. The molecule has 0 atom stereocenters. The molecule has 4 nitrogen and oxygen atoms in total. The average Bonchev–Trinajstić information content (AvgIpc) is 1.88. The lowest BCUT2D eigenvalue weighted by atomic mass is 10.4. The summed E-state index contributed by atoms with van der Waals surface area (Å²) < 4.78 is 0. The smallest absolute Gasteiger partial charge is 0.0521 e. The van der Waals surface area contributed by atoms with Crippen LogP contribution in [0.4, 0.5) is 11.4 Å². The summed E-state index contributed by atoms with van der Waals surface area (Å²) in [7, 11) is 0. The van der Waals surface area contributed by atoms with Gasteiger partial charge < -0.3 is 16.4 Å². The van der Waals surface area contributed by atoms with Gasteiger partial charge in [0.15, 0.2) is 0 Å². The highest BCUT2D eigenvalue weighted by atomic mass is 16.5. The fraction of sp³-hybridized carbons (Fsp3) is 0. The zero-order chi connectivity index (χ0) is 6.69. The van der Waals surface area contributed by atoms with Crippen LogP contribution in [0.15, 0.2) is 18.5 Å². The fourth-order valence-corrected chi connectivity index (χ4v) is 0.514. The van der Waals surface area contributed by atoms with Crippen LogP contribution in [0.1, 0.15) is 0 Å². The highest BCUT2D eigenvalue weighted by Crippen LogP contribution is 2.07. The lowest BCUT2D eigenvalue weighted by molar-refractivity contribution is 1.33. The molecule has 0 saturated carbocycles. The first kappa shape index (κ1) is 5.84. The van der Waals surface area contributed by atoms with Crippen LogP contribution < -0.4 is 11.2 Å². The summed E-state index contributed by atoms with van der Waals surface area (Å²) >= 11 is 0. The second kappa shape index (κ2) is 2.32. The number of hydrogen-bond acceptors (Lipinski definition) is 4. The van der Waals surface area contributed by atoms with E-state index in [0.29, 0.717) is 11.4 Å².